The van der Waals surface area contributed by atoms with Crippen molar-refractivity contribution >= 4 is 16.8 Å². The van der Waals surface area contributed by atoms with Crippen molar-refractivity contribution in [2.45, 2.75) is 37.6 Å². The van der Waals surface area contributed by atoms with E-state index in [2.05, 4.69) is 41.3 Å². The van der Waals surface area contributed by atoms with E-state index in [9.17, 15) is 4.79 Å². The highest BCUT2D eigenvalue weighted by Gasteiger charge is 2.39. The minimum atomic E-state index is -0.658. The summed E-state index contributed by atoms with van der Waals surface area (Å²) in [6, 6.07) is 9.14. The Bertz CT molecular complexity index is 849. The molecule has 0 spiro atoms. The van der Waals surface area contributed by atoms with Gasteiger partial charge in [0.1, 0.15) is 5.92 Å². The Morgan fingerprint density at radius 1 is 1.52 bits per heavy atom. The molecule has 1 saturated heterocycles. The van der Waals surface area contributed by atoms with Gasteiger partial charge in [-0.2, -0.15) is 5.26 Å². The van der Waals surface area contributed by atoms with Gasteiger partial charge >= 0.3 is 0 Å². The number of nitrogens with zero attached hydrogens (tertiary/aromatic N) is 2. The number of amides is 1. The molecule has 4 rings (SSSR count). The van der Waals surface area contributed by atoms with Gasteiger partial charge < -0.3 is 15.6 Å². The highest BCUT2D eigenvalue weighted by molar-refractivity contribution is 5.88. The average Bonchev–Trinajstić information content (AvgIpc) is 3.01. The molecule has 1 aromatic carbocycles. The Balaban J connectivity index is 1.57. The van der Waals surface area contributed by atoms with Crippen LogP contribution in [-0.2, 0) is 11.2 Å². The first kappa shape index (κ1) is 16.2. The van der Waals surface area contributed by atoms with E-state index in [4.69, 9.17) is 11.0 Å². The number of nitriles is 1. The summed E-state index contributed by atoms with van der Waals surface area (Å²) in [6.45, 7) is 1.02. The fraction of sp³-hybridized carbons (Fsp3) is 0.500. The number of hydrogen-bond acceptors (Lipinski definition) is 3. The molecule has 5 heteroatoms. The predicted molar refractivity (Wildman–Crippen MR) is 96.8 cm³/mol. The second-order valence-corrected chi connectivity index (χ2v) is 7.66. The fourth-order valence-electron chi connectivity index (χ4n) is 4.94. The highest BCUT2D eigenvalue weighted by Crippen LogP contribution is 2.45. The van der Waals surface area contributed by atoms with Gasteiger partial charge in [-0.3, -0.25) is 4.79 Å². The minimum Gasteiger partial charge on any atom is -0.369 e. The van der Waals surface area contributed by atoms with Crippen LogP contribution in [0.2, 0.25) is 0 Å². The number of piperidine rings is 1. The number of fused-ring (bicyclic) bond motifs is 2. The maximum atomic E-state index is 11.3. The van der Waals surface area contributed by atoms with Crippen LogP contribution >= 0.6 is 0 Å². The Kier molecular flexibility index (Phi) is 4.01. The van der Waals surface area contributed by atoms with E-state index in [-0.39, 0.29) is 0 Å². The van der Waals surface area contributed by atoms with Gasteiger partial charge in [0.05, 0.1) is 6.07 Å². The molecule has 1 aliphatic heterocycles. The number of hydrogen-bond donors (Lipinski definition) is 2. The molecule has 1 amide bonds. The first-order valence-electron chi connectivity index (χ1n) is 9.06. The van der Waals surface area contributed by atoms with Crippen LogP contribution in [0.1, 0.15) is 36.3 Å². The predicted octanol–water partition coefficient (Wildman–Crippen LogP) is 2.53. The molecule has 2 heterocycles. The quantitative estimate of drug-likeness (QED) is 0.899. The van der Waals surface area contributed by atoms with Gasteiger partial charge in [-0.05, 0) is 55.8 Å². The molecule has 130 valence electrons. The molecular weight excluding hydrogens is 312 g/mol. The lowest BCUT2D eigenvalue weighted by atomic mass is 9.71. The summed E-state index contributed by atoms with van der Waals surface area (Å²) >= 11 is 0. The number of rotatable bonds is 4. The molecule has 2 aromatic rings. The van der Waals surface area contributed by atoms with Gasteiger partial charge in [0.15, 0.2) is 0 Å². The zero-order chi connectivity index (χ0) is 17.6. The molecule has 0 radical (unpaired) electrons. The van der Waals surface area contributed by atoms with E-state index in [0.29, 0.717) is 24.3 Å². The van der Waals surface area contributed by atoms with Crippen LogP contribution in [0.15, 0.2) is 24.4 Å². The van der Waals surface area contributed by atoms with E-state index in [0.717, 1.165) is 25.8 Å². The second kappa shape index (κ2) is 6.20. The molecule has 0 bridgehead atoms. The number of carbonyl (C=O) groups is 1. The Morgan fingerprint density at radius 3 is 3.12 bits per heavy atom. The van der Waals surface area contributed by atoms with Crippen LogP contribution in [0.5, 0.6) is 0 Å². The molecule has 0 saturated carbocycles. The van der Waals surface area contributed by atoms with E-state index in [1.807, 2.05) is 6.07 Å². The first-order valence-corrected chi connectivity index (χ1v) is 9.06. The smallest absolute Gasteiger partial charge is 0.234 e. The number of nitrogens with two attached hydrogens (primary N) is 1. The van der Waals surface area contributed by atoms with Crippen molar-refractivity contribution < 1.29 is 4.79 Å². The van der Waals surface area contributed by atoms with Crippen molar-refractivity contribution in [2.75, 3.05) is 13.6 Å². The van der Waals surface area contributed by atoms with Gasteiger partial charge in [-0.1, -0.05) is 12.1 Å². The van der Waals surface area contributed by atoms with Gasteiger partial charge in [0, 0.05) is 35.6 Å². The minimum absolute atomic E-state index is 0.496. The molecule has 25 heavy (non-hydrogen) atoms. The number of nitrogens with one attached hydrogen (secondary N) is 1. The zero-order valence-electron chi connectivity index (χ0n) is 14.5. The summed E-state index contributed by atoms with van der Waals surface area (Å²) in [5.41, 5.74) is 9.42. The highest BCUT2D eigenvalue weighted by atomic mass is 16.1. The number of likely N-dealkylation sites (N-methyl/N-ethyl adjacent to an activating group) is 1. The monoisotopic (exact) mass is 336 g/mol. The fourth-order valence-corrected chi connectivity index (χ4v) is 4.94. The third kappa shape index (κ3) is 2.71. The first-order chi connectivity index (χ1) is 12.1. The number of benzene rings is 1. The van der Waals surface area contributed by atoms with E-state index < -0.39 is 11.8 Å². The summed E-state index contributed by atoms with van der Waals surface area (Å²) in [4.78, 5) is 17.2. The average molecular weight is 336 g/mol. The molecular formula is C20H24N4O. The van der Waals surface area contributed by atoms with Crippen molar-refractivity contribution in [3.8, 4) is 6.07 Å². The van der Waals surface area contributed by atoms with Gasteiger partial charge in [0.2, 0.25) is 5.91 Å². The summed E-state index contributed by atoms with van der Waals surface area (Å²) in [5, 5.41) is 10.5. The van der Waals surface area contributed by atoms with Crippen LogP contribution < -0.4 is 5.73 Å². The van der Waals surface area contributed by atoms with E-state index in [1.165, 1.54) is 22.0 Å². The van der Waals surface area contributed by atoms with Crippen LogP contribution in [0.3, 0.4) is 0 Å². The molecule has 2 unspecified atom stereocenters. The molecule has 5 nitrogen and oxygen atoms in total. The topological polar surface area (TPSA) is 85.9 Å². The van der Waals surface area contributed by atoms with Crippen molar-refractivity contribution in [1.29, 1.82) is 5.26 Å². The van der Waals surface area contributed by atoms with Crippen molar-refractivity contribution in [3.05, 3.63) is 35.5 Å². The van der Waals surface area contributed by atoms with Crippen LogP contribution in [0, 0.1) is 23.2 Å². The Morgan fingerprint density at radius 2 is 2.36 bits per heavy atom. The normalized spacial score (nSPS) is 26.8. The van der Waals surface area contributed by atoms with E-state index >= 15 is 0 Å². The maximum absolute atomic E-state index is 11.3. The zero-order valence-corrected chi connectivity index (χ0v) is 14.5. The molecule has 2 aliphatic rings. The number of aromatic nitrogens is 1. The number of likely N-dealkylation sites (tertiary alicyclic amines) is 1. The number of H-pyrrole nitrogens is 1. The van der Waals surface area contributed by atoms with Crippen LogP contribution in [0.4, 0.5) is 0 Å². The van der Waals surface area contributed by atoms with Crippen molar-refractivity contribution in [2.24, 2.45) is 17.6 Å². The Hall–Kier alpha value is -2.32. The van der Waals surface area contributed by atoms with Crippen molar-refractivity contribution in [1.82, 2.24) is 9.88 Å². The summed E-state index contributed by atoms with van der Waals surface area (Å²) in [6.07, 6.45) is 5.82. The summed E-state index contributed by atoms with van der Waals surface area (Å²) < 4.78 is 0. The SMILES string of the molecule is CN1C[C@H](CCC(C#N)C(N)=O)CC2c3cccc4[nH]cc(c34)C[C@H]21. The van der Waals surface area contributed by atoms with Gasteiger partial charge in [0.25, 0.3) is 0 Å². The third-order valence-electron chi connectivity index (χ3n) is 6.18. The lowest BCUT2D eigenvalue weighted by molar-refractivity contribution is -0.120. The number of aromatic amines is 1. The lowest BCUT2D eigenvalue weighted by Gasteiger charge is -2.45. The molecule has 1 aromatic heterocycles. The summed E-state index contributed by atoms with van der Waals surface area (Å²) in [5.74, 6) is -0.139. The molecule has 4 atom stereocenters. The van der Waals surface area contributed by atoms with E-state index in [1.54, 1.807) is 0 Å². The van der Waals surface area contributed by atoms with Crippen LogP contribution in [0.25, 0.3) is 10.9 Å². The van der Waals surface area contributed by atoms with Gasteiger partial charge in [-0.15, -0.1) is 0 Å². The Labute approximate surface area is 147 Å². The number of carbonyl (C=O) groups excluding carboxylic acids is 1. The lowest BCUT2D eigenvalue weighted by Crippen LogP contribution is -2.47. The third-order valence-corrected chi connectivity index (χ3v) is 6.18. The largest absolute Gasteiger partial charge is 0.369 e. The van der Waals surface area contributed by atoms with Crippen molar-refractivity contribution in [3.63, 3.8) is 0 Å². The summed E-state index contributed by atoms with van der Waals surface area (Å²) in [7, 11) is 2.21. The number of primary amides is 1. The molecule has 1 fully saturated rings. The maximum Gasteiger partial charge on any atom is 0.234 e. The standard InChI is InChI=1S/C20H24N4O/c1-24-11-12(5-6-13(9-21)20(22)25)7-16-15-3-2-4-17-19(15)14(10-23-17)8-18(16)24/h2-4,10,12-13,16,18,23H,5-8,11H2,1H3,(H2,22,25)/t12-,13?,16?,18-/m1/s1. The second-order valence-electron chi connectivity index (χ2n) is 7.66. The van der Waals surface area contributed by atoms with Crippen LogP contribution in [-0.4, -0.2) is 35.4 Å². The van der Waals surface area contributed by atoms with Gasteiger partial charge in [-0.25, -0.2) is 0 Å². The molecule has 1 aliphatic carbocycles. The molecule has 3 N–H and O–H groups in total.